The molecule has 1 heterocycles. The van der Waals surface area contributed by atoms with Crippen molar-refractivity contribution in [2.75, 3.05) is 6.54 Å². The van der Waals surface area contributed by atoms with Crippen LogP contribution in [0.25, 0.3) is 0 Å². The van der Waals surface area contributed by atoms with Gasteiger partial charge in [-0.25, -0.2) is 4.79 Å². The van der Waals surface area contributed by atoms with Crippen molar-refractivity contribution in [1.29, 1.82) is 0 Å². The minimum atomic E-state index is -0.627. The average molecular weight is 227 g/mol. The fraction of sp³-hybridized carbons (Fsp3) is 0.600. The first-order chi connectivity index (χ1) is 7.56. The van der Waals surface area contributed by atoms with Crippen LogP contribution in [-0.4, -0.2) is 26.9 Å². The molecule has 0 radical (unpaired) electrons. The van der Waals surface area contributed by atoms with Gasteiger partial charge in [0.05, 0.1) is 12.6 Å². The van der Waals surface area contributed by atoms with Crippen molar-refractivity contribution in [2.45, 2.75) is 32.5 Å². The van der Waals surface area contributed by atoms with Gasteiger partial charge in [0.15, 0.2) is 0 Å². The second kappa shape index (κ2) is 5.62. The van der Waals surface area contributed by atoms with E-state index in [-0.39, 0.29) is 12.1 Å². The van der Waals surface area contributed by atoms with Crippen molar-refractivity contribution in [1.82, 2.24) is 9.13 Å². The van der Waals surface area contributed by atoms with E-state index < -0.39 is 11.8 Å². The first-order valence-electron chi connectivity index (χ1n) is 5.24. The molecule has 1 aromatic rings. The fourth-order valence-electron chi connectivity index (χ4n) is 1.44. The van der Waals surface area contributed by atoms with Gasteiger partial charge in [0, 0.05) is 18.8 Å². The largest absolute Gasteiger partial charge is 0.392 e. The van der Waals surface area contributed by atoms with E-state index >= 15 is 0 Å². The highest BCUT2D eigenvalue weighted by atomic mass is 16.3. The molecule has 3 N–H and O–H groups in total. The molecular weight excluding hydrogens is 210 g/mol. The van der Waals surface area contributed by atoms with E-state index in [9.17, 15) is 14.7 Å². The molecule has 0 spiro atoms. The summed E-state index contributed by atoms with van der Waals surface area (Å²) in [6, 6.07) is 1.32. The molecule has 0 saturated heterocycles. The van der Waals surface area contributed by atoms with Crippen molar-refractivity contribution >= 4 is 0 Å². The second-order valence-corrected chi connectivity index (χ2v) is 3.73. The summed E-state index contributed by atoms with van der Waals surface area (Å²) in [5.41, 5.74) is 4.60. The maximum atomic E-state index is 11.8. The Labute approximate surface area is 92.9 Å². The van der Waals surface area contributed by atoms with Crippen LogP contribution in [0, 0.1) is 0 Å². The third-order valence-corrected chi connectivity index (χ3v) is 2.19. The van der Waals surface area contributed by atoms with Gasteiger partial charge >= 0.3 is 5.69 Å². The molecule has 1 aromatic heterocycles. The van der Waals surface area contributed by atoms with E-state index in [4.69, 9.17) is 5.73 Å². The highest BCUT2D eigenvalue weighted by molar-refractivity contribution is 4.86. The van der Waals surface area contributed by atoms with Crippen molar-refractivity contribution in [2.24, 2.45) is 5.73 Å². The minimum absolute atomic E-state index is 0.182. The third-order valence-electron chi connectivity index (χ3n) is 2.19. The Bertz CT molecular complexity index is 447. The fourth-order valence-corrected chi connectivity index (χ4v) is 1.44. The molecule has 0 aliphatic heterocycles. The van der Waals surface area contributed by atoms with Crippen LogP contribution in [0.5, 0.6) is 0 Å². The first kappa shape index (κ1) is 12.7. The molecule has 0 saturated carbocycles. The SMILES string of the molecule is CC(O)Cn1ccc(=O)n(CCCN)c1=O. The van der Waals surface area contributed by atoms with Crippen LogP contribution in [0.4, 0.5) is 0 Å². The van der Waals surface area contributed by atoms with Gasteiger partial charge in [0.1, 0.15) is 0 Å². The lowest BCUT2D eigenvalue weighted by atomic mass is 10.4. The maximum Gasteiger partial charge on any atom is 0.331 e. The molecule has 6 nitrogen and oxygen atoms in total. The molecule has 0 amide bonds. The summed E-state index contributed by atoms with van der Waals surface area (Å²) < 4.78 is 2.46. The van der Waals surface area contributed by atoms with Gasteiger partial charge in [0.2, 0.25) is 0 Å². The zero-order valence-corrected chi connectivity index (χ0v) is 9.30. The number of aromatic nitrogens is 2. The molecule has 16 heavy (non-hydrogen) atoms. The monoisotopic (exact) mass is 227 g/mol. The average Bonchev–Trinajstić information content (AvgIpc) is 2.22. The van der Waals surface area contributed by atoms with Crippen LogP contribution in [0.2, 0.25) is 0 Å². The van der Waals surface area contributed by atoms with Crippen molar-refractivity contribution < 1.29 is 5.11 Å². The van der Waals surface area contributed by atoms with E-state index in [1.165, 1.54) is 16.8 Å². The van der Waals surface area contributed by atoms with E-state index in [1.807, 2.05) is 0 Å². The molecule has 1 rings (SSSR count). The Kier molecular flexibility index (Phi) is 4.45. The molecule has 0 aliphatic rings. The van der Waals surface area contributed by atoms with Gasteiger partial charge in [-0.3, -0.25) is 13.9 Å². The quantitative estimate of drug-likeness (QED) is 0.657. The van der Waals surface area contributed by atoms with E-state index in [0.29, 0.717) is 19.5 Å². The highest BCUT2D eigenvalue weighted by Crippen LogP contribution is 1.87. The number of nitrogens with zero attached hydrogens (tertiary/aromatic N) is 2. The lowest BCUT2D eigenvalue weighted by Crippen LogP contribution is -2.40. The highest BCUT2D eigenvalue weighted by Gasteiger charge is 2.06. The predicted molar refractivity (Wildman–Crippen MR) is 60.3 cm³/mol. The van der Waals surface area contributed by atoms with Gasteiger partial charge in [-0.1, -0.05) is 0 Å². The molecule has 0 aliphatic carbocycles. The Balaban J connectivity index is 3.07. The van der Waals surface area contributed by atoms with Crippen molar-refractivity contribution in [3.05, 3.63) is 33.1 Å². The number of hydrogen-bond donors (Lipinski definition) is 2. The Morgan fingerprint density at radius 2 is 2.19 bits per heavy atom. The van der Waals surface area contributed by atoms with Crippen LogP contribution in [0.15, 0.2) is 21.9 Å². The number of rotatable bonds is 5. The normalized spacial score (nSPS) is 12.7. The number of hydrogen-bond acceptors (Lipinski definition) is 4. The summed E-state index contributed by atoms with van der Waals surface area (Å²) in [7, 11) is 0. The van der Waals surface area contributed by atoms with Crippen LogP contribution >= 0.6 is 0 Å². The Morgan fingerprint density at radius 1 is 1.50 bits per heavy atom. The zero-order valence-electron chi connectivity index (χ0n) is 9.30. The summed E-state index contributed by atoms with van der Waals surface area (Å²) in [5.74, 6) is 0. The van der Waals surface area contributed by atoms with Gasteiger partial charge in [0.25, 0.3) is 5.56 Å². The summed E-state index contributed by atoms with van der Waals surface area (Å²) in [6.45, 7) is 2.51. The van der Waals surface area contributed by atoms with E-state index in [0.717, 1.165) is 4.57 Å². The van der Waals surface area contributed by atoms with E-state index in [2.05, 4.69) is 0 Å². The van der Waals surface area contributed by atoms with Crippen LogP contribution in [0.1, 0.15) is 13.3 Å². The lowest BCUT2D eigenvalue weighted by Gasteiger charge is -2.10. The summed E-state index contributed by atoms with van der Waals surface area (Å²) in [4.78, 5) is 23.2. The van der Waals surface area contributed by atoms with Crippen LogP contribution in [-0.2, 0) is 13.1 Å². The summed E-state index contributed by atoms with van der Waals surface area (Å²) in [5, 5.41) is 9.20. The number of aliphatic hydroxyl groups excluding tert-OH is 1. The molecule has 6 heteroatoms. The topological polar surface area (TPSA) is 90.2 Å². The minimum Gasteiger partial charge on any atom is -0.392 e. The smallest absolute Gasteiger partial charge is 0.331 e. The van der Waals surface area contributed by atoms with Crippen LogP contribution in [0.3, 0.4) is 0 Å². The second-order valence-electron chi connectivity index (χ2n) is 3.73. The number of aliphatic hydroxyl groups is 1. The summed E-state index contributed by atoms with van der Waals surface area (Å²) in [6.07, 6.45) is 1.35. The van der Waals surface area contributed by atoms with Crippen molar-refractivity contribution in [3.8, 4) is 0 Å². The van der Waals surface area contributed by atoms with Crippen LogP contribution < -0.4 is 17.0 Å². The maximum absolute atomic E-state index is 11.8. The van der Waals surface area contributed by atoms with Gasteiger partial charge in [-0.2, -0.15) is 0 Å². The zero-order chi connectivity index (χ0) is 12.1. The molecule has 0 aromatic carbocycles. The molecule has 0 fully saturated rings. The van der Waals surface area contributed by atoms with Gasteiger partial charge < -0.3 is 10.8 Å². The lowest BCUT2D eigenvalue weighted by molar-refractivity contribution is 0.170. The van der Waals surface area contributed by atoms with Gasteiger partial charge in [-0.15, -0.1) is 0 Å². The molecule has 90 valence electrons. The van der Waals surface area contributed by atoms with Crippen molar-refractivity contribution in [3.63, 3.8) is 0 Å². The number of nitrogens with two attached hydrogens (primary N) is 1. The first-order valence-corrected chi connectivity index (χ1v) is 5.24. The standard InChI is InChI=1S/C10H17N3O3/c1-8(14)7-12-6-3-9(15)13(10(12)16)5-2-4-11/h3,6,8,14H,2,4-5,7,11H2,1H3. The molecule has 0 bridgehead atoms. The Hall–Kier alpha value is -1.40. The molecule has 1 atom stereocenters. The summed E-state index contributed by atoms with van der Waals surface area (Å²) >= 11 is 0. The van der Waals surface area contributed by atoms with Gasteiger partial charge in [-0.05, 0) is 19.9 Å². The Morgan fingerprint density at radius 3 is 2.75 bits per heavy atom. The van der Waals surface area contributed by atoms with E-state index in [1.54, 1.807) is 6.92 Å². The molecular formula is C10H17N3O3. The third kappa shape index (κ3) is 3.04. The molecule has 1 unspecified atom stereocenters. The predicted octanol–water partition coefficient (Wildman–Crippen LogP) is -1.26.